The van der Waals surface area contributed by atoms with Gasteiger partial charge in [0.05, 0.1) is 5.52 Å². The molecule has 0 radical (unpaired) electrons. The van der Waals surface area contributed by atoms with Gasteiger partial charge in [0.1, 0.15) is 4.70 Å². The summed E-state index contributed by atoms with van der Waals surface area (Å²) >= 11 is 1.34. The van der Waals surface area contributed by atoms with Gasteiger partial charge in [-0.3, -0.25) is 9.78 Å². The van der Waals surface area contributed by atoms with Crippen LogP contribution in [0.1, 0.15) is 0 Å². The highest BCUT2D eigenvalue weighted by molar-refractivity contribution is 7.17. The van der Waals surface area contributed by atoms with Crippen molar-refractivity contribution in [1.29, 1.82) is 0 Å². The summed E-state index contributed by atoms with van der Waals surface area (Å²) < 4.78 is 0.582. The molecule has 3 rings (SSSR count). The van der Waals surface area contributed by atoms with E-state index in [2.05, 4.69) is 20.3 Å². The molecule has 0 saturated carbocycles. The molecule has 2 aromatic heterocycles. The third-order valence-electron chi connectivity index (χ3n) is 2.57. The van der Waals surface area contributed by atoms with Crippen LogP contribution in [-0.4, -0.2) is 15.9 Å². The number of nitrogens with two attached hydrogens (primary N) is 1. The molecule has 1 aromatic carbocycles. The Hall–Kier alpha value is -2.67. The van der Waals surface area contributed by atoms with Crippen LogP contribution in [0.3, 0.4) is 0 Å². The number of para-hydroxylation sites is 1. The van der Waals surface area contributed by atoms with Gasteiger partial charge < -0.3 is 11.1 Å². The molecule has 20 heavy (non-hydrogen) atoms. The van der Waals surface area contributed by atoms with Crippen molar-refractivity contribution in [2.45, 2.75) is 0 Å². The molecular weight excluding hydrogens is 274 g/mol. The second-order valence-electron chi connectivity index (χ2n) is 4.01. The fourth-order valence-electron chi connectivity index (χ4n) is 1.73. The normalized spacial score (nSPS) is 11.7. The van der Waals surface area contributed by atoms with Crippen molar-refractivity contribution < 1.29 is 0 Å². The highest BCUT2D eigenvalue weighted by atomic mass is 32.1. The molecule has 0 bridgehead atoms. The lowest BCUT2D eigenvalue weighted by Gasteiger charge is -2.04. The van der Waals surface area contributed by atoms with E-state index in [-0.39, 0.29) is 17.5 Å². The first-order valence-electron chi connectivity index (χ1n) is 5.86. The lowest BCUT2D eigenvalue weighted by molar-refractivity contribution is 1.14. The van der Waals surface area contributed by atoms with Gasteiger partial charge >= 0.3 is 0 Å². The number of benzene rings is 1. The number of rotatable bonds is 2. The Balaban J connectivity index is 1.91. The zero-order chi connectivity index (χ0) is 13.9. The standard InChI is InChI=1S/C13H11N5OS/c14-12(15-8-4-2-1-3-5-8)18-13-16-9-6-7-20-10(9)11(19)17-13/h1-7H,(H4,14,15,16,17,18,19). The molecule has 0 unspecified atom stereocenters. The Kier molecular flexibility index (Phi) is 3.18. The van der Waals surface area contributed by atoms with Crippen molar-refractivity contribution in [2.24, 2.45) is 10.7 Å². The number of aromatic nitrogens is 2. The lowest BCUT2D eigenvalue weighted by atomic mass is 10.3. The minimum Gasteiger partial charge on any atom is -0.369 e. The predicted octanol–water partition coefficient (Wildman–Crippen LogP) is 2.04. The van der Waals surface area contributed by atoms with Crippen molar-refractivity contribution in [3.8, 4) is 0 Å². The Morgan fingerprint density at radius 3 is 2.90 bits per heavy atom. The van der Waals surface area contributed by atoms with Crippen LogP contribution in [0.2, 0.25) is 0 Å². The molecule has 6 nitrogen and oxygen atoms in total. The topological polar surface area (TPSA) is 96.2 Å². The van der Waals surface area contributed by atoms with E-state index in [0.717, 1.165) is 5.69 Å². The SMILES string of the molecule is NC(=Nc1nc2ccsc2c(=O)[nH]1)Nc1ccccc1. The molecule has 0 aliphatic heterocycles. The molecule has 100 valence electrons. The molecule has 0 saturated heterocycles. The summed E-state index contributed by atoms with van der Waals surface area (Å²) in [5.74, 6) is 0.343. The minimum absolute atomic E-state index is 0.161. The van der Waals surface area contributed by atoms with Gasteiger partial charge in [-0.1, -0.05) is 18.2 Å². The highest BCUT2D eigenvalue weighted by Gasteiger charge is 2.04. The fraction of sp³-hybridized carbons (Fsp3) is 0. The molecule has 0 amide bonds. The molecule has 0 fully saturated rings. The summed E-state index contributed by atoms with van der Waals surface area (Å²) in [6.07, 6.45) is 0. The van der Waals surface area contributed by atoms with Gasteiger partial charge in [-0.25, -0.2) is 4.98 Å². The molecular formula is C13H11N5OS. The Labute approximate surface area is 118 Å². The molecule has 4 N–H and O–H groups in total. The maximum atomic E-state index is 11.8. The molecule has 0 spiro atoms. The summed E-state index contributed by atoms with van der Waals surface area (Å²) in [6, 6.07) is 11.2. The third-order valence-corrected chi connectivity index (χ3v) is 3.48. The van der Waals surface area contributed by atoms with Crippen molar-refractivity contribution in [3.63, 3.8) is 0 Å². The van der Waals surface area contributed by atoms with Crippen LogP contribution >= 0.6 is 11.3 Å². The van der Waals surface area contributed by atoms with Crippen LogP contribution in [-0.2, 0) is 0 Å². The van der Waals surface area contributed by atoms with E-state index in [1.165, 1.54) is 11.3 Å². The monoisotopic (exact) mass is 285 g/mol. The van der Waals surface area contributed by atoms with E-state index in [9.17, 15) is 4.79 Å². The Bertz CT molecular complexity index is 821. The maximum absolute atomic E-state index is 11.8. The van der Waals surface area contributed by atoms with Crippen LogP contribution < -0.4 is 16.6 Å². The van der Waals surface area contributed by atoms with Gasteiger partial charge in [0.25, 0.3) is 5.56 Å². The number of thiophene rings is 1. The zero-order valence-corrected chi connectivity index (χ0v) is 11.1. The van der Waals surface area contributed by atoms with Crippen molar-refractivity contribution in [1.82, 2.24) is 9.97 Å². The van der Waals surface area contributed by atoms with E-state index >= 15 is 0 Å². The molecule has 0 aliphatic carbocycles. The number of H-pyrrole nitrogens is 1. The van der Waals surface area contributed by atoms with Crippen LogP contribution in [0.4, 0.5) is 11.6 Å². The number of hydrogen-bond acceptors (Lipinski definition) is 4. The fourth-order valence-corrected chi connectivity index (χ4v) is 2.45. The van der Waals surface area contributed by atoms with Gasteiger partial charge in [0, 0.05) is 5.69 Å². The number of fused-ring (bicyclic) bond motifs is 1. The lowest BCUT2D eigenvalue weighted by Crippen LogP contribution is -2.22. The van der Waals surface area contributed by atoms with Crippen LogP contribution in [0.5, 0.6) is 0 Å². The van der Waals surface area contributed by atoms with Gasteiger partial charge in [-0.2, -0.15) is 4.99 Å². The summed E-state index contributed by atoms with van der Waals surface area (Å²) in [5, 5.41) is 4.73. The first-order valence-corrected chi connectivity index (χ1v) is 6.74. The second kappa shape index (κ2) is 5.14. The van der Waals surface area contributed by atoms with Crippen LogP contribution in [0.25, 0.3) is 10.2 Å². The quantitative estimate of drug-likeness (QED) is 0.496. The maximum Gasteiger partial charge on any atom is 0.270 e. The summed E-state index contributed by atoms with van der Waals surface area (Å²) in [5.41, 5.74) is 7.00. The average molecular weight is 285 g/mol. The zero-order valence-electron chi connectivity index (χ0n) is 10.3. The first-order chi connectivity index (χ1) is 9.72. The van der Waals surface area contributed by atoms with Gasteiger partial charge in [-0.15, -0.1) is 11.3 Å². The summed E-state index contributed by atoms with van der Waals surface area (Å²) in [6.45, 7) is 0. The van der Waals surface area contributed by atoms with E-state index < -0.39 is 0 Å². The average Bonchev–Trinajstić information content (AvgIpc) is 2.88. The first kappa shape index (κ1) is 12.4. The van der Waals surface area contributed by atoms with Crippen molar-refractivity contribution >= 4 is 39.1 Å². The highest BCUT2D eigenvalue weighted by Crippen LogP contribution is 2.16. The number of nitrogens with one attached hydrogen (secondary N) is 2. The predicted molar refractivity (Wildman–Crippen MR) is 81.6 cm³/mol. The Morgan fingerprint density at radius 1 is 1.30 bits per heavy atom. The summed E-state index contributed by atoms with van der Waals surface area (Å²) in [7, 11) is 0. The van der Waals surface area contributed by atoms with Gasteiger partial charge in [0.15, 0.2) is 0 Å². The number of aromatic amines is 1. The second-order valence-corrected chi connectivity index (χ2v) is 4.93. The van der Waals surface area contributed by atoms with Crippen LogP contribution in [0.15, 0.2) is 51.6 Å². The molecule has 0 aliphatic rings. The van der Waals surface area contributed by atoms with Crippen molar-refractivity contribution in [2.75, 3.05) is 5.32 Å². The van der Waals surface area contributed by atoms with E-state index in [4.69, 9.17) is 5.73 Å². The Morgan fingerprint density at radius 2 is 2.10 bits per heavy atom. The number of guanidine groups is 1. The molecule has 3 aromatic rings. The largest absolute Gasteiger partial charge is 0.369 e. The minimum atomic E-state index is -0.212. The van der Waals surface area contributed by atoms with Gasteiger partial charge in [-0.05, 0) is 23.6 Å². The van der Waals surface area contributed by atoms with E-state index in [0.29, 0.717) is 10.2 Å². The molecule has 7 heteroatoms. The number of nitrogens with zero attached hydrogens (tertiary/aromatic N) is 2. The molecule has 2 heterocycles. The summed E-state index contributed by atoms with van der Waals surface area (Å²) in [4.78, 5) is 22.7. The van der Waals surface area contributed by atoms with E-state index in [1.807, 2.05) is 35.7 Å². The van der Waals surface area contributed by atoms with E-state index in [1.54, 1.807) is 6.07 Å². The number of hydrogen-bond donors (Lipinski definition) is 3. The third kappa shape index (κ3) is 2.52. The molecule has 0 atom stereocenters. The smallest absolute Gasteiger partial charge is 0.270 e. The number of anilines is 1. The van der Waals surface area contributed by atoms with Crippen LogP contribution in [0, 0.1) is 0 Å². The number of aliphatic imine (C=N–C) groups is 1. The van der Waals surface area contributed by atoms with Crippen molar-refractivity contribution in [3.05, 3.63) is 52.1 Å². The van der Waals surface area contributed by atoms with Gasteiger partial charge in [0.2, 0.25) is 11.9 Å².